The fourth-order valence-corrected chi connectivity index (χ4v) is 5.52. The molecule has 0 aromatic heterocycles. The number of piperidine rings is 1. The van der Waals surface area contributed by atoms with E-state index in [1.54, 1.807) is 0 Å². The van der Waals surface area contributed by atoms with Gasteiger partial charge in [0.2, 0.25) is 11.8 Å². The van der Waals surface area contributed by atoms with E-state index < -0.39 is 5.97 Å². The first-order valence-electron chi connectivity index (χ1n) is 13.4. The number of carboxylic acids is 1. The molecule has 2 aliphatic heterocycles. The molecule has 2 unspecified atom stereocenters. The van der Waals surface area contributed by atoms with Crippen molar-refractivity contribution >= 4 is 23.5 Å². The number of carbonyl (C=O) groups excluding carboxylic acids is 2. The zero-order valence-corrected chi connectivity index (χ0v) is 21.7. The van der Waals surface area contributed by atoms with Gasteiger partial charge in [-0.05, 0) is 56.2 Å². The minimum Gasteiger partial charge on any atom is -0.481 e. The molecule has 0 spiro atoms. The summed E-state index contributed by atoms with van der Waals surface area (Å²) in [6, 6.07) is 8.62. The highest BCUT2D eigenvalue weighted by Gasteiger charge is 2.34. The Balaban J connectivity index is 1.96. The molecular weight excluding hydrogens is 442 g/mol. The Morgan fingerprint density at radius 3 is 2.49 bits per heavy atom. The van der Waals surface area contributed by atoms with Gasteiger partial charge in [-0.2, -0.15) is 0 Å². The van der Waals surface area contributed by atoms with E-state index in [0.29, 0.717) is 44.4 Å². The van der Waals surface area contributed by atoms with E-state index in [4.69, 9.17) is 5.11 Å². The lowest BCUT2D eigenvalue weighted by Crippen LogP contribution is -2.53. The molecule has 1 fully saturated rings. The normalized spacial score (nSPS) is 21.4. The number of anilines is 1. The number of carboxylic acid groups (broad SMARTS) is 1. The Kier molecular flexibility index (Phi) is 10.1. The van der Waals surface area contributed by atoms with Gasteiger partial charge in [0, 0.05) is 56.7 Å². The van der Waals surface area contributed by atoms with Gasteiger partial charge in [0.15, 0.2) is 0 Å². The summed E-state index contributed by atoms with van der Waals surface area (Å²) in [5.41, 5.74) is 1.87. The van der Waals surface area contributed by atoms with E-state index in [1.165, 1.54) is 0 Å². The number of benzene rings is 1. The number of hydrogen-bond donors (Lipinski definition) is 1. The first-order chi connectivity index (χ1) is 16.8. The van der Waals surface area contributed by atoms with Crippen molar-refractivity contribution in [2.75, 3.05) is 24.5 Å². The third-order valence-electron chi connectivity index (χ3n) is 7.48. The summed E-state index contributed by atoms with van der Waals surface area (Å²) in [6.07, 6.45) is 6.37. The van der Waals surface area contributed by atoms with Crippen molar-refractivity contribution < 1.29 is 19.5 Å². The van der Waals surface area contributed by atoms with Crippen molar-refractivity contribution in [3.8, 4) is 0 Å². The van der Waals surface area contributed by atoms with Crippen molar-refractivity contribution in [1.29, 1.82) is 0 Å². The van der Waals surface area contributed by atoms with E-state index >= 15 is 0 Å². The lowest BCUT2D eigenvalue weighted by Gasteiger charge is -2.44. The second-order valence-electron chi connectivity index (χ2n) is 10.5. The molecule has 1 saturated heterocycles. The topological polar surface area (TPSA) is 81.2 Å². The summed E-state index contributed by atoms with van der Waals surface area (Å²) in [4.78, 5) is 43.9. The largest absolute Gasteiger partial charge is 0.481 e. The summed E-state index contributed by atoms with van der Waals surface area (Å²) < 4.78 is 0. The second-order valence-corrected chi connectivity index (χ2v) is 10.5. The molecule has 1 N–H and O–H groups in total. The Morgan fingerprint density at radius 2 is 1.77 bits per heavy atom. The molecule has 1 aromatic rings. The van der Waals surface area contributed by atoms with Crippen LogP contribution >= 0.6 is 0 Å². The molecule has 2 amide bonds. The smallest absolute Gasteiger partial charge is 0.303 e. The molecule has 3 rings (SSSR count). The fourth-order valence-electron chi connectivity index (χ4n) is 5.52. The lowest BCUT2D eigenvalue weighted by molar-refractivity contribution is -0.137. The zero-order valence-electron chi connectivity index (χ0n) is 21.7. The van der Waals surface area contributed by atoms with Crippen molar-refractivity contribution in [2.45, 2.75) is 97.2 Å². The highest BCUT2D eigenvalue weighted by Crippen LogP contribution is 2.31. The van der Waals surface area contributed by atoms with E-state index in [0.717, 1.165) is 49.9 Å². The molecule has 7 nitrogen and oxygen atoms in total. The molecule has 194 valence electrons. The van der Waals surface area contributed by atoms with Crippen LogP contribution in [0.4, 0.5) is 5.69 Å². The maximum Gasteiger partial charge on any atom is 0.303 e. The molecule has 0 radical (unpaired) electrons. The van der Waals surface area contributed by atoms with Crippen LogP contribution in [0.1, 0.15) is 84.1 Å². The van der Waals surface area contributed by atoms with E-state index in [1.807, 2.05) is 41.0 Å². The van der Waals surface area contributed by atoms with Crippen LogP contribution in [0.2, 0.25) is 0 Å². The van der Waals surface area contributed by atoms with Gasteiger partial charge in [-0.3, -0.25) is 19.3 Å². The predicted octanol–water partition coefficient (Wildman–Crippen LogP) is 4.69. The highest BCUT2D eigenvalue weighted by atomic mass is 16.4. The van der Waals surface area contributed by atoms with Gasteiger partial charge in [0.1, 0.15) is 0 Å². The van der Waals surface area contributed by atoms with Crippen LogP contribution in [0.3, 0.4) is 0 Å². The summed E-state index contributed by atoms with van der Waals surface area (Å²) in [6.45, 7) is 9.18. The minimum atomic E-state index is -0.871. The van der Waals surface area contributed by atoms with E-state index in [-0.39, 0.29) is 30.7 Å². The SMILES string of the molecule is CCC(=O)N1CCC2CCCC(CN(C(=O)CCCC(=O)O)Cc3ccccc31)N2CCC(C)C. The maximum atomic E-state index is 13.4. The van der Waals surface area contributed by atoms with Gasteiger partial charge in [-0.25, -0.2) is 0 Å². The Bertz CT molecular complexity index is 872. The second kappa shape index (κ2) is 13.1. The van der Waals surface area contributed by atoms with Crippen molar-refractivity contribution in [2.24, 2.45) is 5.92 Å². The third-order valence-corrected chi connectivity index (χ3v) is 7.48. The fraction of sp³-hybridized carbons (Fsp3) is 0.679. The third kappa shape index (κ3) is 7.53. The maximum absolute atomic E-state index is 13.4. The molecule has 2 atom stereocenters. The number of fused-ring (bicyclic) bond motifs is 3. The van der Waals surface area contributed by atoms with Crippen LogP contribution in [0.25, 0.3) is 0 Å². The standard InChI is InChI=1S/C28H43N3O4/c1-4-26(32)31-18-16-23-10-7-11-24(30(23)17-15-21(2)3)20-29(27(33)13-8-14-28(34)35)19-22-9-5-6-12-25(22)31/h5-6,9,12,21,23-24H,4,7-8,10-11,13-20H2,1-3H3,(H,34,35). The van der Waals surface area contributed by atoms with Crippen LogP contribution in [0.15, 0.2) is 24.3 Å². The van der Waals surface area contributed by atoms with Crippen LogP contribution in [0.5, 0.6) is 0 Å². The average Bonchev–Trinajstić information content (AvgIpc) is 2.84. The number of para-hydroxylation sites is 1. The van der Waals surface area contributed by atoms with Crippen LogP contribution in [-0.4, -0.2) is 64.4 Å². The number of rotatable bonds is 8. The zero-order chi connectivity index (χ0) is 25.4. The Morgan fingerprint density at radius 1 is 1.03 bits per heavy atom. The molecule has 2 bridgehead atoms. The summed E-state index contributed by atoms with van der Waals surface area (Å²) in [5.74, 6) is -0.161. The molecule has 0 aliphatic carbocycles. The predicted molar refractivity (Wildman–Crippen MR) is 138 cm³/mol. The van der Waals surface area contributed by atoms with Crippen LogP contribution in [0, 0.1) is 5.92 Å². The van der Waals surface area contributed by atoms with E-state index in [2.05, 4.69) is 18.7 Å². The summed E-state index contributed by atoms with van der Waals surface area (Å²) >= 11 is 0. The molecule has 2 aliphatic rings. The van der Waals surface area contributed by atoms with Crippen molar-refractivity contribution in [1.82, 2.24) is 9.80 Å². The molecule has 0 saturated carbocycles. The highest BCUT2D eigenvalue weighted by molar-refractivity contribution is 5.94. The summed E-state index contributed by atoms with van der Waals surface area (Å²) in [5, 5.41) is 9.04. The number of hydrogen-bond acceptors (Lipinski definition) is 4. The molecule has 2 heterocycles. The van der Waals surface area contributed by atoms with Gasteiger partial charge < -0.3 is 14.9 Å². The van der Waals surface area contributed by atoms with Crippen LogP contribution in [-0.2, 0) is 20.9 Å². The quantitative estimate of drug-likeness (QED) is 0.578. The minimum absolute atomic E-state index is 0.000369. The van der Waals surface area contributed by atoms with Gasteiger partial charge in [-0.1, -0.05) is 45.4 Å². The number of carbonyl (C=O) groups is 3. The first-order valence-corrected chi connectivity index (χ1v) is 13.4. The Labute approximate surface area is 210 Å². The Hall–Kier alpha value is -2.41. The molecule has 1 aromatic carbocycles. The molecule has 35 heavy (non-hydrogen) atoms. The van der Waals surface area contributed by atoms with E-state index in [9.17, 15) is 14.4 Å². The van der Waals surface area contributed by atoms with Crippen molar-refractivity contribution in [3.05, 3.63) is 29.8 Å². The number of amides is 2. The molecule has 7 heteroatoms. The summed E-state index contributed by atoms with van der Waals surface area (Å²) in [7, 11) is 0. The average molecular weight is 486 g/mol. The van der Waals surface area contributed by atoms with Crippen molar-refractivity contribution in [3.63, 3.8) is 0 Å². The first kappa shape index (κ1) is 27.2. The van der Waals surface area contributed by atoms with Gasteiger partial charge >= 0.3 is 5.97 Å². The monoisotopic (exact) mass is 485 g/mol. The van der Waals surface area contributed by atoms with Gasteiger partial charge in [-0.15, -0.1) is 0 Å². The van der Waals surface area contributed by atoms with Crippen LogP contribution < -0.4 is 4.90 Å². The lowest BCUT2D eigenvalue weighted by atomic mass is 9.92. The van der Waals surface area contributed by atoms with Gasteiger partial charge in [0.05, 0.1) is 0 Å². The van der Waals surface area contributed by atoms with Gasteiger partial charge in [0.25, 0.3) is 0 Å². The number of nitrogens with zero attached hydrogens (tertiary/aromatic N) is 3. The molecular formula is C28H43N3O4. The number of aliphatic carboxylic acids is 1.